The first-order chi connectivity index (χ1) is 9.16. The van der Waals surface area contributed by atoms with Crippen molar-refractivity contribution in [1.29, 1.82) is 0 Å². The highest BCUT2D eigenvalue weighted by molar-refractivity contribution is 5.77. The Kier molecular flexibility index (Phi) is 2.52. The summed E-state index contributed by atoms with van der Waals surface area (Å²) in [5.74, 6) is -0.422. The molecule has 0 aliphatic heterocycles. The maximum atomic E-state index is 12.9. The number of nitrogens with zero attached hydrogens (tertiary/aromatic N) is 1. The van der Waals surface area contributed by atoms with Crippen molar-refractivity contribution >= 4 is 10.9 Å². The van der Waals surface area contributed by atoms with Crippen molar-refractivity contribution in [3.8, 4) is 5.69 Å². The monoisotopic (exact) mass is 256 g/mol. The summed E-state index contributed by atoms with van der Waals surface area (Å²) in [6.45, 7) is 0. The van der Waals surface area contributed by atoms with Gasteiger partial charge in [-0.3, -0.25) is 4.79 Å². The SMILES string of the molecule is O=c1[nH]c2ccccc2c(=O)n1-c1ccc(F)cc1. The van der Waals surface area contributed by atoms with E-state index in [1.807, 2.05) is 0 Å². The highest BCUT2D eigenvalue weighted by Gasteiger charge is 2.08. The number of para-hydroxylation sites is 1. The predicted octanol–water partition coefficient (Wildman–Crippen LogP) is 1.82. The number of aromatic amines is 1. The fourth-order valence-electron chi connectivity index (χ4n) is 1.99. The summed E-state index contributed by atoms with van der Waals surface area (Å²) >= 11 is 0. The van der Waals surface area contributed by atoms with E-state index in [2.05, 4.69) is 4.98 Å². The maximum Gasteiger partial charge on any atom is 0.333 e. The fourth-order valence-corrected chi connectivity index (χ4v) is 1.99. The Balaban J connectivity index is 2.39. The summed E-state index contributed by atoms with van der Waals surface area (Å²) < 4.78 is 13.9. The fraction of sp³-hybridized carbons (Fsp3) is 0. The van der Waals surface area contributed by atoms with E-state index in [9.17, 15) is 14.0 Å². The molecule has 1 aromatic heterocycles. The van der Waals surface area contributed by atoms with Gasteiger partial charge in [0, 0.05) is 0 Å². The predicted molar refractivity (Wildman–Crippen MR) is 70.1 cm³/mol. The van der Waals surface area contributed by atoms with Crippen LogP contribution in [0.1, 0.15) is 0 Å². The van der Waals surface area contributed by atoms with E-state index in [1.54, 1.807) is 24.3 Å². The topological polar surface area (TPSA) is 54.9 Å². The minimum atomic E-state index is -0.546. The van der Waals surface area contributed by atoms with Crippen LogP contribution in [0.15, 0.2) is 58.1 Å². The molecule has 2 aromatic carbocycles. The molecule has 3 aromatic rings. The van der Waals surface area contributed by atoms with E-state index >= 15 is 0 Å². The Morgan fingerprint density at radius 3 is 2.37 bits per heavy atom. The van der Waals surface area contributed by atoms with Crippen LogP contribution >= 0.6 is 0 Å². The molecule has 0 saturated heterocycles. The van der Waals surface area contributed by atoms with E-state index in [4.69, 9.17) is 0 Å². The van der Waals surface area contributed by atoms with Gasteiger partial charge in [0.15, 0.2) is 0 Å². The van der Waals surface area contributed by atoms with Gasteiger partial charge in [0.1, 0.15) is 5.82 Å². The number of aromatic nitrogens is 2. The van der Waals surface area contributed by atoms with E-state index in [-0.39, 0.29) is 0 Å². The molecule has 1 N–H and O–H groups in total. The van der Waals surface area contributed by atoms with Crippen LogP contribution in [0.5, 0.6) is 0 Å². The van der Waals surface area contributed by atoms with Crippen LogP contribution in [0.2, 0.25) is 0 Å². The van der Waals surface area contributed by atoms with Crippen molar-refractivity contribution in [2.75, 3.05) is 0 Å². The molecule has 0 aliphatic carbocycles. The normalized spacial score (nSPS) is 10.8. The van der Waals surface area contributed by atoms with Gasteiger partial charge in [0.25, 0.3) is 5.56 Å². The van der Waals surface area contributed by atoms with E-state index in [0.717, 1.165) is 4.57 Å². The molecule has 0 fully saturated rings. The number of hydrogen-bond acceptors (Lipinski definition) is 2. The Bertz CT molecular complexity index is 863. The van der Waals surface area contributed by atoms with E-state index < -0.39 is 17.1 Å². The molecule has 0 saturated carbocycles. The largest absolute Gasteiger partial charge is 0.333 e. The van der Waals surface area contributed by atoms with Crippen LogP contribution in [-0.4, -0.2) is 9.55 Å². The van der Waals surface area contributed by atoms with Gasteiger partial charge < -0.3 is 4.98 Å². The number of rotatable bonds is 1. The van der Waals surface area contributed by atoms with E-state index in [0.29, 0.717) is 16.6 Å². The molecule has 19 heavy (non-hydrogen) atoms. The molecular formula is C14H9FN2O2. The highest BCUT2D eigenvalue weighted by atomic mass is 19.1. The lowest BCUT2D eigenvalue weighted by atomic mass is 10.2. The van der Waals surface area contributed by atoms with Crippen LogP contribution in [-0.2, 0) is 0 Å². The van der Waals surface area contributed by atoms with Gasteiger partial charge in [-0.2, -0.15) is 0 Å². The van der Waals surface area contributed by atoms with Crippen molar-refractivity contribution in [1.82, 2.24) is 9.55 Å². The van der Waals surface area contributed by atoms with Gasteiger partial charge in [-0.25, -0.2) is 13.8 Å². The number of H-pyrrole nitrogens is 1. The highest BCUT2D eigenvalue weighted by Crippen LogP contribution is 2.07. The summed E-state index contributed by atoms with van der Waals surface area (Å²) in [4.78, 5) is 26.9. The molecule has 0 spiro atoms. The molecule has 4 nitrogen and oxygen atoms in total. The zero-order valence-corrected chi connectivity index (χ0v) is 9.76. The van der Waals surface area contributed by atoms with Gasteiger partial charge in [-0.1, -0.05) is 12.1 Å². The molecule has 3 rings (SSSR count). The summed E-state index contributed by atoms with van der Waals surface area (Å²) in [6, 6.07) is 11.9. The molecule has 94 valence electrons. The smallest absolute Gasteiger partial charge is 0.306 e. The Morgan fingerprint density at radius 1 is 0.947 bits per heavy atom. The van der Waals surface area contributed by atoms with Crippen LogP contribution in [0, 0.1) is 5.82 Å². The molecular weight excluding hydrogens is 247 g/mol. The molecule has 0 amide bonds. The lowest BCUT2D eigenvalue weighted by Gasteiger charge is -2.05. The molecule has 0 unspecified atom stereocenters. The van der Waals surface area contributed by atoms with Crippen molar-refractivity contribution in [3.05, 3.63) is 75.2 Å². The number of nitrogens with one attached hydrogen (secondary N) is 1. The van der Waals surface area contributed by atoms with Crippen molar-refractivity contribution in [2.24, 2.45) is 0 Å². The standard InChI is InChI=1S/C14H9FN2O2/c15-9-5-7-10(8-6-9)17-13(18)11-3-1-2-4-12(11)16-14(17)19/h1-8H,(H,16,19). The first-order valence-corrected chi connectivity index (χ1v) is 5.67. The Hall–Kier alpha value is -2.69. The second-order valence-electron chi connectivity index (χ2n) is 4.09. The molecule has 5 heteroatoms. The van der Waals surface area contributed by atoms with Gasteiger partial charge in [-0.15, -0.1) is 0 Å². The maximum absolute atomic E-state index is 12.9. The van der Waals surface area contributed by atoms with Crippen LogP contribution < -0.4 is 11.2 Å². The van der Waals surface area contributed by atoms with Gasteiger partial charge in [-0.05, 0) is 36.4 Å². The minimum Gasteiger partial charge on any atom is -0.306 e. The zero-order valence-electron chi connectivity index (χ0n) is 9.76. The molecule has 0 atom stereocenters. The number of fused-ring (bicyclic) bond motifs is 1. The molecule has 0 aliphatic rings. The van der Waals surface area contributed by atoms with Gasteiger partial charge in [0.05, 0.1) is 16.6 Å². The lowest BCUT2D eigenvalue weighted by molar-refractivity contribution is 0.627. The van der Waals surface area contributed by atoms with Crippen molar-refractivity contribution in [2.45, 2.75) is 0 Å². The first-order valence-electron chi connectivity index (χ1n) is 5.67. The van der Waals surface area contributed by atoms with Crippen LogP contribution in [0.25, 0.3) is 16.6 Å². The second kappa shape index (κ2) is 4.20. The number of benzene rings is 2. The van der Waals surface area contributed by atoms with Crippen molar-refractivity contribution < 1.29 is 4.39 Å². The lowest BCUT2D eigenvalue weighted by Crippen LogP contribution is -2.33. The van der Waals surface area contributed by atoms with Crippen LogP contribution in [0.4, 0.5) is 4.39 Å². The Morgan fingerprint density at radius 2 is 1.63 bits per heavy atom. The second-order valence-corrected chi connectivity index (χ2v) is 4.09. The van der Waals surface area contributed by atoms with Crippen molar-refractivity contribution in [3.63, 3.8) is 0 Å². The van der Waals surface area contributed by atoms with Gasteiger partial charge >= 0.3 is 5.69 Å². The summed E-state index contributed by atoms with van der Waals surface area (Å²) in [6.07, 6.45) is 0. The summed E-state index contributed by atoms with van der Waals surface area (Å²) in [5.41, 5.74) is -0.157. The molecule has 0 bridgehead atoms. The third kappa shape index (κ3) is 1.85. The zero-order chi connectivity index (χ0) is 13.4. The average molecular weight is 256 g/mol. The average Bonchev–Trinajstić information content (AvgIpc) is 2.41. The molecule has 1 heterocycles. The van der Waals surface area contributed by atoms with E-state index in [1.165, 1.54) is 24.3 Å². The summed E-state index contributed by atoms with van der Waals surface area (Å²) in [7, 11) is 0. The number of halogens is 1. The minimum absolute atomic E-state index is 0.332. The summed E-state index contributed by atoms with van der Waals surface area (Å²) in [5, 5.41) is 0.409. The third-order valence-corrected chi connectivity index (χ3v) is 2.89. The molecule has 0 radical (unpaired) electrons. The Labute approximate surface area is 106 Å². The van der Waals surface area contributed by atoms with Gasteiger partial charge in [0.2, 0.25) is 0 Å². The van der Waals surface area contributed by atoms with Crippen LogP contribution in [0.3, 0.4) is 0 Å². The quantitative estimate of drug-likeness (QED) is 0.722. The number of hydrogen-bond donors (Lipinski definition) is 1. The third-order valence-electron chi connectivity index (χ3n) is 2.89. The first kappa shape index (κ1) is 11.4.